The van der Waals surface area contributed by atoms with Gasteiger partial charge >= 0.3 is 36.5 Å². The van der Waals surface area contributed by atoms with Crippen LogP contribution in [0.2, 0.25) is 0 Å². The first-order valence-electron chi connectivity index (χ1n) is 42.7. The van der Waals surface area contributed by atoms with Crippen molar-refractivity contribution in [1.29, 1.82) is 15.8 Å². The normalized spacial score (nSPS) is 18.7. The molecule has 14 rings (SSSR count). The Morgan fingerprint density at radius 3 is 1.48 bits per heavy atom. The minimum atomic E-state index is -0.821. The quantitative estimate of drug-likeness (QED) is 0.0102. The van der Waals surface area contributed by atoms with E-state index in [1.54, 1.807) is 84.0 Å². The minimum Gasteiger partial charge on any atom is -1.00 e. The molecule has 0 bridgehead atoms. The zero-order chi connectivity index (χ0) is 96.7. The number of carboxylic acids is 1. The van der Waals surface area contributed by atoms with Crippen LogP contribution < -0.4 is 29.5 Å². The number of nitriles is 3. The number of esters is 3. The molecule has 35 heteroatoms. The standard InChI is InChI=1S/C26H32FN3O4S.C19H18FN3OS.C16H17FN2O2.C11H12FNO.C7H6FNO.C7H14NS2.C5H7NO2.C5H8O2.HI/c1-7-33-23(31)19(12-28)18(17-10-20(27)22(29-13-17)26(6)8-9-26)11-21-30(14-16(2)15-35-21)24(32)34-25(3,4)5;1-11-9-23-16(25-10-11)6-13(14(7-21)18(23)24)12-5-15(20)17(22-8-12)19(2)3-4-19;1-4-21-15(20)12(8-18)10(2)11-7-13(17)14(19-9-11)16(3)5-6-16;1-7(14)8-5-9(12)10(13-6-8)11(2)3-4-11;1-5(10)6-2-7(8)4-9-3-6;1-6-4-8(2)7(9-3)10-5-6;1-3-8-5(7)4-6-2;1-5(2-3-5)4(6)7;/h10-11,13,16H,7-9,14-15H2,1-6H3;5-6,8,11H,3-4,9-10H2,1-2H3;7,9H,4-6H2,1-3H3;5-6H,3-4H2,1-2H3;2-4H,1H3;6H,4-5H2,1-3H3;3-4H2,1H3;2-3H2,1H3,(H,6,7);1H/q;;;;;+1;;;/p-1/b19-18+,21-11-;;12-10+;;;;;;. The lowest BCUT2D eigenvalue weighted by molar-refractivity contribution is -0.499. The average molecular weight is 1990 g/mol. The monoisotopic (exact) mass is 1990 g/mol. The number of carbonyl (C=O) groups is 7. The number of fused-ring (bicyclic) bond motifs is 1. The fourth-order valence-electron chi connectivity index (χ4n) is 13.0. The van der Waals surface area contributed by atoms with Crippen LogP contribution in [-0.4, -0.2) is 166 Å². The molecule has 702 valence electrons. The third kappa shape index (κ3) is 31.2. The van der Waals surface area contributed by atoms with Crippen LogP contribution in [0.1, 0.15) is 242 Å². The van der Waals surface area contributed by atoms with Crippen molar-refractivity contribution in [2.24, 2.45) is 23.2 Å². The number of aliphatic carboxylic acids is 1. The smallest absolute Gasteiger partial charge is 0.415 e. The van der Waals surface area contributed by atoms with E-state index in [1.807, 2.05) is 82.4 Å². The average Bonchev–Trinajstić information content (AvgIpc) is 1.77. The van der Waals surface area contributed by atoms with Crippen LogP contribution in [0.25, 0.3) is 27.1 Å². The summed E-state index contributed by atoms with van der Waals surface area (Å²) in [6.45, 7) is 39.8. The molecule has 6 aromatic rings. The minimum absolute atomic E-state index is 0. The summed E-state index contributed by atoms with van der Waals surface area (Å²) in [4.78, 5) is 117. The molecule has 3 unspecified atom stereocenters. The number of hydrogen-bond donors (Lipinski definition) is 1. The highest BCUT2D eigenvalue weighted by molar-refractivity contribution is 8.38. The van der Waals surface area contributed by atoms with Crippen molar-refractivity contribution in [3.63, 3.8) is 0 Å². The fourth-order valence-corrected chi connectivity index (χ4v) is 17.0. The lowest BCUT2D eigenvalue weighted by Crippen LogP contribution is -3.00. The van der Waals surface area contributed by atoms with Gasteiger partial charge in [0.25, 0.3) is 9.94 Å². The largest absolute Gasteiger partial charge is 1.00 e. The predicted molar refractivity (Wildman–Crippen MR) is 493 cm³/mol. The maximum Gasteiger partial charge on any atom is 0.415 e. The van der Waals surface area contributed by atoms with Crippen molar-refractivity contribution in [3.8, 4) is 29.3 Å². The van der Waals surface area contributed by atoms with Crippen molar-refractivity contribution < 1.29 is 108 Å². The number of carbonyl (C=O) groups excluding carboxylic acids is 6. The molecule has 6 fully saturated rings. The van der Waals surface area contributed by atoms with Gasteiger partial charge in [-0.2, -0.15) is 15.8 Å². The Bertz CT molecular complexity index is 5620. The second-order valence-electron chi connectivity index (χ2n) is 35.4. The van der Waals surface area contributed by atoms with Gasteiger partial charge in [-0.15, -0.1) is 23.5 Å². The van der Waals surface area contributed by atoms with Crippen LogP contribution in [0.3, 0.4) is 0 Å². The number of amides is 1. The van der Waals surface area contributed by atoms with Crippen LogP contribution in [-0.2, 0) is 66.3 Å². The summed E-state index contributed by atoms with van der Waals surface area (Å²) >= 11 is 6.85. The number of allylic oxidation sites excluding steroid dienone is 3. The Labute approximate surface area is 797 Å². The molecule has 5 aliphatic carbocycles. The van der Waals surface area contributed by atoms with Gasteiger partial charge in [-0.25, -0.2) is 52.3 Å². The van der Waals surface area contributed by atoms with E-state index >= 15 is 4.39 Å². The highest BCUT2D eigenvalue weighted by Gasteiger charge is 2.47. The molecule has 0 radical (unpaired) electrons. The van der Waals surface area contributed by atoms with Gasteiger partial charge in [0.1, 0.15) is 83.2 Å². The van der Waals surface area contributed by atoms with Crippen LogP contribution in [0.5, 0.6) is 0 Å². The molecule has 3 aliphatic heterocycles. The summed E-state index contributed by atoms with van der Waals surface area (Å²) in [6, 6.07) is 14.0. The summed E-state index contributed by atoms with van der Waals surface area (Å²) < 4.78 is 95.1. The van der Waals surface area contributed by atoms with E-state index in [0.29, 0.717) is 86.8 Å². The van der Waals surface area contributed by atoms with Crippen molar-refractivity contribution >= 4 is 104 Å². The number of pyridine rings is 6. The summed E-state index contributed by atoms with van der Waals surface area (Å²) in [5, 5.41) is 38.1. The van der Waals surface area contributed by atoms with Crippen LogP contribution in [0.15, 0.2) is 106 Å². The van der Waals surface area contributed by atoms with Gasteiger partial charge in [-0.05, 0) is 211 Å². The van der Waals surface area contributed by atoms with Crippen molar-refractivity contribution in [3.05, 3.63) is 197 Å². The molecular formula is C96H114F5IN12O13S4. The first-order chi connectivity index (χ1) is 61.2. The maximum absolute atomic E-state index is 15.1. The van der Waals surface area contributed by atoms with Gasteiger partial charge in [0, 0.05) is 128 Å². The number of ketones is 2. The summed E-state index contributed by atoms with van der Waals surface area (Å²) in [5.74, 6) is -0.627. The Morgan fingerprint density at radius 2 is 1.07 bits per heavy atom. The molecule has 25 nitrogen and oxygen atoms in total. The van der Waals surface area contributed by atoms with Gasteiger partial charge in [0.05, 0.1) is 64.3 Å². The zero-order valence-electron chi connectivity index (χ0n) is 77.5. The van der Waals surface area contributed by atoms with E-state index in [2.05, 4.69) is 66.2 Å². The molecule has 1 amide bonds. The lowest BCUT2D eigenvalue weighted by Gasteiger charge is -2.34. The van der Waals surface area contributed by atoms with Crippen LogP contribution >= 0.6 is 47.0 Å². The first kappa shape index (κ1) is 110. The molecule has 1 saturated heterocycles. The molecule has 8 aliphatic rings. The molecule has 131 heavy (non-hydrogen) atoms. The van der Waals surface area contributed by atoms with E-state index in [-0.39, 0.29) is 133 Å². The van der Waals surface area contributed by atoms with E-state index in [4.69, 9.17) is 31.2 Å². The topological polar surface area (TPSA) is 345 Å². The number of ether oxygens (including phenoxy) is 4. The second kappa shape index (κ2) is 48.5. The predicted octanol–water partition coefficient (Wildman–Crippen LogP) is 16.4. The molecule has 1 N–H and O–H groups in total. The Balaban J connectivity index is 0.000000244. The third-order valence-electron chi connectivity index (χ3n) is 22.2. The highest BCUT2D eigenvalue weighted by Crippen LogP contribution is 2.51. The van der Waals surface area contributed by atoms with E-state index in [1.165, 1.54) is 96.2 Å². The molecular weight excluding hydrogens is 1880 g/mol. The Hall–Kier alpha value is -10.2. The van der Waals surface area contributed by atoms with Gasteiger partial charge in [0.2, 0.25) is 0 Å². The molecule has 5 saturated carbocycles. The molecule has 3 atom stereocenters. The SMILES string of the molecule is CC(=O)c1cnc(C2(C)CC2)c(F)c1.CC(=O)c1cncc(F)c1.CC1(C(=O)O)CC1.CC1CSc2cc(-c3cnc(C4(C)CC4)c(F)c3)c(C#N)c(=O)n2C1.CCOC(=O)/C(C#N)=C(\C)c1cnc(C2(C)CC2)c(F)c1.CCOC(=O)/C(C#N)=C(\C=C1/SCC(C)CN1C(=O)OC(C)(C)C)c1cnc(C2(C)CC2)c(F)c1.CSC1=[N+](C)CC(C)CS1.[C-]#[N+]CC(=O)OCC.[I-]. The maximum atomic E-state index is 15.1. The number of nitrogens with zero attached hydrogens (tertiary/aromatic N) is 12. The highest BCUT2D eigenvalue weighted by atomic mass is 127. The fraction of sp³-hybridized carbons (Fsp3) is 0.500. The van der Waals surface area contributed by atoms with Gasteiger partial charge in [-0.3, -0.25) is 49.0 Å². The number of rotatable bonds is 17. The Kier molecular flexibility index (Phi) is 40.5. The zero-order valence-corrected chi connectivity index (χ0v) is 82.9. The van der Waals surface area contributed by atoms with Crippen LogP contribution in [0, 0.1) is 92.8 Å². The first-order valence-corrected chi connectivity index (χ1v) is 46.8. The van der Waals surface area contributed by atoms with Gasteiger partial charge in [-0.1, -0.05) is 60.2 Å². The lowest BCUT2D eigenvalue weighted by atomic mass is 9.98. The summed E-state index contributed by atoms with van der Waals surface area (Å²) in [7, 11) is 2.18. The van der Waals surface area contributed by atoms with Crippen molar-refractivity contribution in [2.75, 3.05) is 70.0 Å². The third-order valence-corrected chi connectivity index (χ3v) is 27.7. The number of halogens is 6. The number of Topliss-reactive ketones (excluding diaryl/α,β-unsaturated/α-hetero) is 2. The summed E-state index contributed by atoms with van der Waals surface area (Å²) in [5.41, 5.74) is 2.24. The Morgan fingerprint density at radius 1 is 0.618 bits per heavy atom. The number of aromatic nitrogens is 6. The van der Waals surface area contributed by atoms with E-state index in [9.17, 15) is 66.4 Å². The molecule has 6 aromatic heterocycles. The van der Waals surface area contributed by atoms with Crippen molar-refractivity contribution in [1.82, 2.24) is 34.4 Å². The molecule has 0 spiro atoms. The second-order valence-corrected chi connectivity index (χ2v) is 39.5. The molecule has 9 heterocycles. The number of thioether (sulfide) groups is 4. The van der Waals surface area contributed by atoms with Gasteiger partial charge in [0.15, 0.2) is 11.6 Å². The van der Waals surface area contributed by atoms with Crippen LogP contribution in [0.4, 0.5) is 26.7 Å². The van der Waals surface area contributed by atoms with E-state index < -0.39 is 53.0 Å². The summed E-state index contributed by atoms with van der Waals surface area (Å²) in [6.07, 6.45) is 20.7. The van der Waals surface area contributed by atoms with Crippen molar-refractivity contribution in [2.45, 2.75) is 221 Å². The van der Waals surface area contributed by atoms with Gasteiger partial charge < -0.3 is 57.4 Å². The molecule has 0 aromatic carbocycles. The number of carboxylic acid groups (broad SMARTS) is 1. The number of hydrogen-bond acceptors (Lipinski definition) is 24. The van der Waals surface area contributed by atoms with E-state index in [0.717, 1.165) is 98.9 Å².